The van der Waals surface area contributed by atoms with Crippen LogP contribution in [0.1, 0.15) is 30.4 Å². The number of halogens is 1. The molecule has 0 aliphatic carbocycles. The number of likely N-dealkylation sites (tertiary alicyclic amines) is 1. The second kappa shape index (κ2) is 10.3. The first-order valence-corrected chi connectivity index (χ1v) is 12.9. The Morgan fingerprint density at radius 3 is 2.57 bits per heavy atom. The van der Waals surface area contributed by atoms with Crippen molar-refractivity contribution in [2.45, 2.75) is 45.7 Å². The lowest BCUT2D eigenvalue weighted by molar-refractivity contribution is -0.133. The van der Waals surface area contributed by atoms with Crippen molar-refractivity contribution < 1.29 is 13.9 Å². The summed E-state index contributed by atoms with van der Waals surface area (Å²) >= 11 is 1.26. The van der Waals surface area contributed by atoms with E-state index < -0.39 is 17.1 Å². The van der Waals surface area contributed by atoms with Crippen molar-refractivity contribution in [2.75, 3.05) is 20.2 Å². The summed E-state index contributed by atoms with van der Waals surface area (Å²) < 4.78 is 22.1. The van der Waals surface area contributed by atoms with Gasteiger partial charge in [-0.2, -0.15) is 10.2 Å². The number of aryl methyl sites for hydroxylation is 3. The second-order valence-corrected chi connectivity index (χ2v) is 9.94. The third kappa shape index (κ3) is 4.68. The van der Waals surface area contributed by atoms with E-state index in [9.17, 15) is 18.8 Å². The molecule has 0 spiro atoms. The van der Waals surface area contributed by atoms with Gasteiger partial charge in [0.15, 0.2) is 0 Å². The molecule has 0 atom stereocenters. The number of piperidine rings is 1. The zero-order valence-corrected chi connectivity index (χ0v) is 21.5. The lowest BCUT2D eigenvalue weighted by Gasteiger charge is -2.26. The van der Waals surface area contributed by atoms with Crippen LogP contribution in [-0.4, -0.2) is 55.1 Å². The molecule has 1 aromatic carbocycles. The highest BCUT2D eigenvalue weighted by molar-refractivity contribution is 7.21. The molecule has 0 unspecified atom stereocenters. The van der Waals surface area contributed by atoms with E-state index in [0.717, 1.165) is 12.8 Å². The van der Waals surface area contributed by atoms with Crippen LogP contribution in [0, 0.1) is 12.7 Å². The number of carbonyl (C=O) groups excluding carboxylic acids is 1. The van der Waals surface area contributed by atoms with Gasteiger partial charge in [-0.05, 0) is 49.9 Å². The van der Waals surface area contributed by atoms with Crippen molar-refractivity contribution in [3.05, 3.63) is 68.4 Å². The highest BCUT2D eigenvalue weighted by Crippen LogP contribution is 2.30. The molecule has 1 fully saturated rings. The van der Waals surface area contributed by atoms with E-state index in [1.54, 1.807) is 27.9 Å². The first kappa shape index (κ1) is 24.9. The number of hydrogen-bond donors (Lipinski definition) is 0. The molecule has 0 bridgehead atoms. The molecule has 0 N–H and O–H groups in total. The number of ether oxygens (including phenoxy) is 1. The normalized spacial score (nSPS) is 14.0. The van der Waals surface area contributed by atoms with Crippen LogP contribution < -0.4 is 16.0 Å². The minimum Gasteiger partial charge on any atom is -0.496 e. The molecule has 194 valence electrons. The first-order chi connectivity index (χ1) is 17.9. The van der Waals surface area contributed by atoms with Gasteiger partial charge in [0.1, 0.15) is 21.4 Å². The SMILES string of the molecule is COc1ccc(F)cc1CCn1c(=O)n(CCN2CCCCC2=O)c(=O)c2c(C)c(-n3nccn3)sc21. The average molecular weight is 527 g/mol. The number of carbonyl (C=O) groups is 1. The molecule has 4 heterocycles. The molecule has 1 aliphatic rings. The Labute approximate surface area is 215 Å². The van der Waals surface area contributed by atoms with Crippen LogP contribution in [0.5, 0.6) is 5.75 Å². The summed E-state index contributed by atoms with van der Waals surface area (Å²) in [6, 6.07) is 4.26. The van der Waals surface area contributed by atoms with Gasteiger partial charge >= 0.3 is 5.69 Å². The van der Waals surface area contributed by atoms with Crippen molar-refractivity contribution in [2.24, 2.45) is 0 Å². The van der Waals surface area contributed by atoms with E-state index in [1.165, 1.54) is 39.9 Å². The van der Waals surface area contributed by atoms with Gasteiger partial charge in [-0.25, -0.2) is 9.18 Å². The third-order valence-electron chi connectivity index (χ3n) is 6.73. The fraction of sp³-hybridized carbons (Fsp3) is 0.400. The van der Waals surface area contributed by atoms with Gasteiger partial charge in [0.2, 0.25) is 5.91 Å². The predicted octanol–water partition coefficient (Wildman–Crippen LogP) is 2.52. The van der Waals surface area contributed by atoms with Crippen LogP contribution in [0.4, 0.5) is 4.39 Å². The highest BCUT2D eigenvalue weighted by atomic mass is 32.1. The maximum absolute atomic E-state index is 14.0. The van der Waals surface area contributed by atoms with Crippen LogP contribution in [0.3, 0.4) is 0 Å². The van der Waals surface area contributed by atoms with Crippen molar-refractivity contribution >= 4 is 27.5 Å². The molecule has 0 saturated carbocycles. The summed E-state index contributed by atoms with van der Waals surface area (Å²) in [4.78, 5) is 43.2. The number of aromatic nitrogens is 5. The molecule has 12 heteroatoms. The number of nitrogens with zero attached hydrogens (tertiary/aromatic N) is 6. The van der Waals surface area contributed by atoms with Gasteiger partial charge < -0.3 is 9.64 Å². The Kier molecular flexibility index (Phi) is 6.92. The lowest BCUT2D eigenvalue weighted by Crippen LogP contribution is -2.44. The van der Waals surface area contributed by atoms with Gasteiger partial charge in [-0.15, -0.1) is 4.80 Å². The van der Waals surface area contributed by atoms with E-state index in [4.69, 9.17) is 4.74 Å². The van der Waals surface area contributed by atoms with Gasteiger partial charge in [0, 0.05) is 38.2 Å². The fourth-order valence-electron chi connectivity index (χ4n) is 4.78. The number of benzene rings is 1. The predicted molar refractivity (Wildman–Crippen MR) is 137 cm³/mol. The highest BCUT2D eigenvalue weighted by Gasteiger charge is 2.23. The summed E-state index contributed by atoms with van der Waals surface area (Å²) in [5, 5.41) is 9.44. The molecule has 3 aromatic heterocycles. The smallest absolute Gasteiger partial charge is 0.332 e. The molecule has 4 aromatic rings. The maximum atomic E-state index is 14.0. The quantitative estimate of drug-likeness (QED) is 0.350. The van der Waals surface area contributed by atoms with Crippen molar-refractivity contribution in [3.63, 3.8) is 0 Å². The van der Waals surface area contributed by atoms with Crippen LogP contribution in [0.2, 0.25) is 0 Å². The summed E-state index contributed by atoms with van der Waals surface area (Å²) in [6.45, 7) is 3.00. The van der Waals surface area contributed by atoms with Crippen molar-refractivity contribution in [1.82, 2.24) is 29.0 Å². The Hall–Kier alpha value is -3.80. The Balaban J connectivity index is 1.60. The topological polar surface area (TPSA) is 104 Å². The minimum absolute atomic E-state index is 0.0395. The number of hydrogen-bond acceptors (Lipinski definition) is 7. The van der Waals surface area contributed by atoms with E-state index in [1.807, 2.05) is 6.92 Å². The fourth-order valence-corrected chi connectivity index (χ4v) is 6.02. The molecule has 37 heavy (non-hydrogen) atoms. The molecule has 5 rings (SSSR count). The monoisotopic (exact) mass is 526 g/mol. The zero-order valence-electron chi connectivity index (χ0n) is 20.6. The molecular formula is C25H27FN6O4S. The van der Waals surface area contributed by atoms with Gasteiger partial charge in [0.25, 0.3) is 5.56 Å². The zero-order chi connectivity index (χ0) is 26.1. The van der Waals surface area contributed by atoms with Crippen LogP contribution >= 0.6 is 11.3 Å². The summed E-state index contributed by atoms with van der Waals surface area (Å²) in [6.07, 6.45) is 5.64. The van der Waals surface area contributed by atoms with Crippen molar-refractivity contribution in [3.8, 4) is 10.8 Å². The van der Waals surface area contributed by atoms with Crippen LogP contribution in [0.25, 0.3) is 15.2 Å². The van der Waals surface area contributed by atoms with E-state index in [2.05, 4.69) is 10.2 Å². The minimum atomic E-state index is -0.474. The number of fused-ring (bicyclic) bond motifs is 1. The summed E-state index contributed by atoms with van der Waals surface area (Å²) in [5.41, 5.74) is 0.400. The van der Waals surface area contributed by atoms with E-state index >= 15 is 0 Å². The Morgan fingerprint density at radius 2 is 1.84 bits per heavy atom. The summed E-state index contributed by atoms with van der Waals surface area (Å²) in [7, 11) is 1.51. The Morgan fingerprint density at radius 1 is 1.05 bits per heavy atom. The third-order valence-corrected chi connectivity index (χ3v) is 8.01. The summed E-state index contributed by atoms with van der Waals surface area (Å²) in [5.74, 6) is 0.160. The molecule has 1 aliphatic heterocycles. The maximum Gasteiger partial charge on any atom is 0.332 e. The standard InChI is InChI=1S/C25H27FN6O4S/c1-16-21-22(34)30(14-13-29-11-4-3-5-20(29)33)25(35)31(24(21)37-23(16)32-27-9-10-28-32)12-8-17-15-18(26)6-7-19(17)36-2/h6-7,9-10,15H,3-5,8,11-14H2,1-2H3. The van der Waals surface area contributed by atoms with E-state index in [-0.39, 0.29) is 25.5 Å². The second-order valence-electron chi connectivity index (χ2n) is 8.97. The number of methoxy groups -OCH3 is 1. The lowest BCUT2D eigenvalue weighted by atomic mass is 10.1. The van der Waals surface area contributed by atoms with Crippen LogP contribution in [-0.2, 0) is 24.3 Å². The number of rotatable bonds is 8. The molecule has 1 saturated heterocycles. The molecule has 10 nitrogen and oxygen atoms in total. The number of amides is 1. The molecular weight excluding hydrogens is 499 g/mol. The average Bonchev–Trinajstić information content (AvgIpc) is 3.53. The Bertz CT molecular complexity index is 1570. The molecule has 1 amide bonds. The van der Waals surface area contributed by atoms with Gasteiger partial charge in [0.05, 0.1) is 24.9 Å². The van der Waals surface area contributed by atoms with Crippen LogP contribution in [0.15, 0.2) is 40.2 Å². The van der Waals surface area contributed by atoms with Gasteiger partial charge in [-0.3, -0.25) is 18.7 Å². The van der Waals surface area contributed by atoms with Gasteiger partial charge in [-0.1, -0.05) is 11.3 Å². The van der Waals surface area contributed by atoms with Crippen molar-refractivity contribution in [1.29, 1.82) is 0 Å². The first-order valence-electron chi connectivity index (χ1n) is 12.1. The van der Waals surface area contributed by atoms with E-state index in [0.29, 0.717) is 51.5 Å². The largest absolute Gasteiger partial charge is 0.496 e. The number of thiophene rings is 1. The molecule has 0 radical (unpaired) electrons.